The van der Waals surface area contributed by atoms with E-state index in [2.05, 4.69) is 38.0 Å². The molecule has 0 aromatic carbocycles. The van der Waals surface area contributed by atoms with Crippen molar-refractivity contribution in [2.24, 2.45) is 0 Å². The Kier molecular flexibility index (Phi) is 4.94. The van der Waals surface area contributed by atoms with Gasteiger partial charge in [-0.05, 0) is 70.0 Å². The van der Waals surface area contributed by atoms with Gasteiger partial charge in [-0.2, -0.15) is 10.5 Å². The molecular weight excluding hydrogens is 434 g/mol. The second-order valence-electron chi connectivity index (χ2n) is 5.77. The van der Waals surface area contributed by atoms with Gasteiger partial charge in [0.1, 0.15) is 23.5 Å². The van der Waals surface area contributed by atoms with Crippen molar-refractivity contribution >= 4 is 27.3 Å². The van der Waals surface area contributed by atoms with Gasteiger partial charge in [-0.1, -0.05) is 12.1 Å². The number of rotatable bonds is 3. The van der Waals surface area contributed by atoms with E-state index in [0.717, 1.165) is 14.2 Å². The van der Waals surface area contributed by atoms with Gasteiger partial charge in [-0.3, -0.25) is 0 Å². The lowest BCUT2D eigenvalue weighted by Gasteiger charge is -2.08. The molecule has 0 fully saturated rings. The van der Waals surface area contributed by atoms with Crippen molar-refractivity contribution in [2.75, 3.05) is 0 Å². The van der Waals surface area contributed by atoms with E-state index in [1.165, 1.54) is 0 Å². The molecule has 0 saturated carbocycles. The first-order valence-corrected chi connectivity index (χ1v) is 9.80. The van der Waals surface area contributed by atoms with E-state index in [0.29, 0.717) is 34.2 Å². The van der Waals surface area contributed by atoms with Gasteiger partial charge in [0, 0.05) is 4.88 Å². The van der Waals surface area contributed by atoms with Crippen molar-refractivity contribution in [3.05, 3.63) is 75.8 Å². The molecule has 0 amide bonds. The Morgan fingerprint density at radius 2 is 1.29 bits per heavy atom. The number of hydrogen-bond acceptors (Lipinski definition) is 6. The lowest BCUT2D eigenvalue weighted by atomic mass is 10.1. The Labute approximate surface area is 173 Å². The molecule has 4 heterocycles. The maximum absolute atomic E-state index is 9.16. The molecule has 0 unspecified atom stereocenters. The molecule has 0 bridgehead atoms. The van der Waals surface area contributed by atoms with Crippen molar-refractivity contribution < 1.29 is 0 Å². The molecule has 0 spiro atoms. The number of aromatic nitrogens is 3. The van der Waals surface area contributed by atoms with E-state index in [-0.39, 0.29) is 0 Å². The number of pyridine rings is 3. The average molecular weight is 444 g/mol. The number of halogens is 1. The predicted octanol–water partition coefficient (Wildman–Crippen LogP) is 5.44. The molecular formula is C21H10BrN5S. The molecule has 0 radical (unpaired) electrons. The highest BCUT2D eigenvalue weighted by molar-refractivity contribution is 9.11. The second-order valence-corrected chi connectivity index (χ2v) is 8.23. The Balaban J connectivity index is 1.93. The molecule has 0 atom stereocenters. The van der Waals surface area contributed by atoms with Gasteiger partial charge in [0.05, 0.1) is 26.6 Å². The van der Waals surface area contributed by atoms with Crippen LogP contribution in [-0.4, -0.2) is 15.0 Å². The van der Waals surface area contributed by atoms with Crippen molar-refractivity contribution in [3.63, 3.8) is 0 Å². The summed E-state index contributed by atoms with van der Waals surface area (Å²) in [4.78, 5) is 14.5. The van der Waals surface area contributed by atoms with Crippen LogP contribution in [0.5, 0.6) is 0 Å². The van der Waals surface area contributed by atoms with Crippen LogP contribution in [0.4, 0.5) is 0 Å². The summed E-state index contributed by atoms with van der Waals surface area (Å²) in [6, 6.07) is 22.5. The zero-order valence-corrected chi connectivity index (χ0v) is 16.7. The van der Waals surface area contributed by atoms with Crippen molar-refractivity contribution in [2.45, 2.75) is 0 Å². The van der Waals surface area contributed by atoms with Gasteiger partial charge in [0.15, 0.2) is 0 Å². The van der Waals surface area contributed by atoms with Crippen LogP contribution in [0.3, 0.4) is 0 Å². The van der Waals surface area contributed by atoms with Gasteiger partial charge in [-0.25, -0.2) is 15.0 Å². The minimum atomic E-state index is 0.328. The molecule has 0 aliphatic heterocycles. The number of thiophene rings is 1. The summed E-state index contributed by atoms with van der Waals surface area (Å²) in [7, 11) is 0. The van der Waals surface area contributed by atoms with Crippen LogP contribution in [0.15, 0.2) is 64.5 Å². The van der Waals surface area contributed by atoms with Crippen LogP contribution in [0.2, 0.25) is 0 Å². The Hall–Kier alpha value is -3.39. The molecule has 132 valence electrons. The van der Waals surface area contributed by atoms with Gasteiger partial charge in [0.25, 0.3) is 0 Å². The molecule has 0 aliphatic rings. The minimum Gasteiger partial charge on any atom is -0.244 e. The van der Waals surface area contributed by atoms with Crippen LogP contribution in [0, 0.1) is 22.7 Å². The smallest absolute Gasteiger partial charge is 0.141 e. The van der Waals surface area contributed by atoms with Crippen LogP contribution in [0.25, 0.3) is 33.2 Å². The van der Waals surface area contributed by atoms with E-state index in [9.17, 15) is 0 Å². The first kappa shape index (κ1) is 18.0. The van der Waals surface area contributed by atoms with Gasteiger partial charge in [-0.15, -0.1) is 11.3 Å². The van der Waals surface area contributed by atoms with E-state index < -0.39 is 0 Å². The third kappa shape index (κ3) is 3.67. The maximum atomic E-state index is 9.16. The summed E-state index contributed by atoms with van der Waals surface area (Å²) in [6.07, 6.45) is 0. The average Bonchev–Trinajstić information content (AvgIpc) is 3.20. The molecule has 28 heavy (non-hydrogen) atoms. The second kappa shape index (κ2) is 7.69. The van der Waals surface area contributed by atoms with Gasteiger partial charge in [0.2, 0.25) is 0 Å². The summed E-state index contributed by atoms with van der Waals surface area (Å²) in [5, 5.41) is 18.3. The monoisotopic (exact) mass is 443 g/mol. The summed E-state index contributed by atoms with van der Waals surface area (Å²) < 4.78 is 1.02. The standard InChI is InChI=1S/C21H10BrN5S/c22-21-8-7-20(28-21)13-9-18(16-5-1-3-14(11-23)25-16)27-19(10-13)17-6-2-4-15(12-24)26-17/h1-10H. The lowest BCUT2D eigenvalue weighted by molar-refractivity contribution is 1.19. The summed E-state index contributed by atoms with van der Waals surface area (Å²) in [5.74, 6) is 0. The quantitative estimate of drug-likeness (QED) is 0.420. The van der Waals surface area contributed by atoms with Crippen molar-refractivity contribution in [1.82, 2.24) is 15.0 Å². The lowest BCUT2D eigenvalue weighted by Crippen LogP contribution is -1.95. The SMILES string of the molecule is N#Cc1cccc(-c2cc(-c3ccc(Br)s3)cc(-c3cccc(C#N)n3)n2)n1. The summed E-state index contributed by atoms with van der Waals surface area (Å²) in [6.45, 7) is 0. The molecule has 4 rings (SSSR count). The highest BCUT2D eigenvalue weighted by Gasteiger charge is 2.12. The highest BCUT2D eigenvalue weighted by atomic mass is 79.9. The van der Waals surface area contributed by atoms with Crippen LogP contribution >= 0.6 is 27.3 Å². The van der Waals surface area contributed by atoms with E-state index >= 15 is 0 Å². The number of hydrogen-bond donors (Lipinski definition) is 0. The van der Waals surface area contributed by atoms with Crippen molar-refractivity contribution in [3.8, 4) is 45.4 Å². The molecule has 4 aromatic heterocycles. The summed E-state index contributed by atoms with van der Waals surface area (Å²) >= 11 is 5.11. The fourth-order valence-corrected chi connectivity index (χ4v) is 4.06. The molecule has 0 saturated heterocycles. The van der Waals surface area contributed by atoms with Crippen molar-refractivity contribution in [1.29, 1.82) is 10.5 Å². The maximum Gasteiger partial charge on any atom is 0.141 e. The predicted molar refractivity (Wildman–Crippen MR) is 111 cm³/mol. The fraction of sp³-hybridized carbons (Fsp3) is 0. The van der Waals surface area contributed by atoms with E-state index in [4.69, 9.17) is 15.5 Å². The normalized spacial score (nSPS) is 10.2. The third-order valence-electron chi connectivity index (χ3n) is 3.94. The topological polar surface area (TPSA) is 86.2 Å². The Morgan fingerprint density at radius 1 is 0.714 bits per heavy atom. The largest absolute Gasteiger partial charge is 0.244 e. The van der Waals surface area contributed by atoms with Crippen LogP contribution in [-0.2, 0) is 0 Å². The minimum absolute atomic E-state index is 0.328. The van der Waals surface area contributed by atoms with Crippen LogP contribution < -0.4 is 0 Å². The van der Waals surface area contributed by atoms with E-state index in [1.54, 1.807) is 35.6 Å². The van der Waals surface area contributed by atoms with Crippen LogP contribution in [0.1, 0.15) is 11.4 Å². The fourth-order valence-electron chi connectivity index (χ4n) is 2.68. The summed E-state index contributed by atoms with van der Waals surface area (Å²) in [5.41, 5.74) is 4.11. The first-order valence-electron chi connectivity index (χ1n) is 8.19. The van der Waals surface area contributed by atoms with E-state index in [1.807, 2.05) is 36.4 Å². The number of nitrogens with zero attached hydrogens (tertiary/aromatic N) is 5. The zero-order chi connectivity index (χ0) is 19.5. The molecule has 0 N–H and O–H groups in total. The molecule has 7 heteroatoms. The molecule has 0 aliphatic carbocycles. The first-order chi connectivity index (χ1) is 13.7. The Morgan fingerprint density at radius 3 is 1.75 bits per heavy atom. The van der Waals surface area contributed by atoms with Gasteiger partial charge < -0.3 is 0 Å². The third-order valence-corrected chi connectivity index (χ3v) is 5.61. The molecule has 5 nitrogen and oxygen atoms in total. The number of nitriles is 2. The Bertz CT molecular complexity index is 1190. The van der Waals surface area contributed by atoms with Gasteiger partial charge >= 0.3 is 0 Å². The zero-order valence-electron chi connectivity index (χ0n) is 14.3. The molecule has 4 aromatic rings. The highest BCUT2D eigenvalue weighted by Crippen LogP contribution is 2.35.